The van der Waals surface area contributed by atoms with Gasteiger partial charge in [-0.3, -0.25) is 0 Å². The number of rotatable bonds is 3. The summed E-state index contributed by atoms with van der Waals surface area (Å²) in [4.78, 5) is 0. The highest BCUT2D eigenvalue weighted by molar-refractivity contribution is 9.10. The van der Waals surface area contributed by atoms with Crippen LogP contribution in [0.3, 0.4) is 0 Å². The third kappa shape index (κ3) is 3.15. The first-order valence-electron chi connectivity index (χ1n) is 8.89. The maximum atomic E-state index is 13.2. The number of hydrogen-bond acceptors (Lipinski definition) is 3. The summed E-state index contributed by atoms with van der Waals surface area (Å²) in [6.45, 7) is 0. The van der Waals surface area contributed by atoms with Crippen molar-refractivity contribution in [2.24, 2.45) is 5.92 Å². The molecule has 0 saturated carbocycles. The van der Waals surface area contributed by atoms with Gasteiger partial charge in [-0.15, -0.1) is 0 Å². The van der Waals surface area contributed by atoms with Gasteiger partial charge >= 0.3 is 6.18 Å². The standard InChI is InChI=1S/C21H19BrF3NO2/c1-27-18-9-11(8-16(22)20(18)28-2)19-14-5-3-4-13(14)15-10-12(21(23,24)25)6-7-17(15)26-19/h3-4,6-10,13-14,19,26H,5H2,1-2H3/t13-,14-,19-/m0/s1. The van der Waals surface area contributed by atoms with E-state index in [2.05, 4.69) is 27.3 Å². The van der Waals surface area contributed by atoms with E-state index >= 15 is 0 Å². The number of allylic oxidation sites excluding steroid dienone is 2. The van der Waals surface area contributed by atoms with Crippen molar-refractivity contribution in [3.63, 3.8) is 0 Å². The van der Waals surface area contributed by atoms with E-state index in [1.807, 2.05) is 18.2 Å². The van der Waals surface area contributed by atoms with Crippen molar-refractivity contribution >= 4 is 21.6 Å². The third-order valence-corrected chi connectivity index (χ3v) is 6.09. The fraction of sp³-hybridized carbons (Fsp3) is 0.333. The highest BCUT2D eigenvalue weighted by Gasteiger charge is 2.40. The second-order valence-corrected chi connectivity index (χ2v) is 7.87. The summed E-state index contributed by atoms with van der Waals surface area (Å²) in [5.74, 6) is 1.28. The van der Waals surface area contributed by atoms with Gasteiger partial charge in [-0.25, -0.2) is 0 Å². The van der Waals surface area contributed by atoms with Crippen molar-refractivity contribution < 1.29 is 22.6 Å². The van der Waals surface area contributed by atoms with Crippen LogP contribution in [-0.4, -0.2) is 14.2 Å². The molecule has 0 fully saturated rings. The Morgan fingerprint density at radius 1 is 1.11 bits per heavy atom. The average molecular weight is 454 g/mol. The lowest BCUT2D eigenvalue weighted by Gasteiger charge is -2.38. The maximum absolute atomic E-state index is 13.2. The minimum Gasteiger partial charge on any atom is -0.493 e. The van der Waals surface area contributed by atoms with Crippen molar-refractivity contribution in [1.29, 1.82) is 0 Å². The van der Waals surface area contributed by atoms with Gasteiger partial charge in [0, 0.05) is 11.6 Å². The Morgan fingerprint density at radius 3 is 2.57 bits per heavy atom. The predicted octanol–water partition coefficient (Wildman–Crippen LogP) is 6.31. The molecule has 0 amide bonds. The highest BCUT2D eigenvalue weighted by atomic mass is 79.9. The van der Waals surface area contributed by atoms with Crippen molar-refractivity contribution in [2.75, 3.05) is 19.5 Å². The Hall–Kier alpha value is -2.15. The fourth-order valence-corrected chi connectivity index (χ4v) is 4.84. The topological polar surface area (TPSA) is 30.5 Å². The molecule has 148 valence electrons. The molecule has 0 bridgehead atoms. The zero-order valence-corrected chi connectivity index (χ0v) is 16.9. The number of fused-ring (bicyclic) bond motifs is 3. The highest BCUT2D eigenvalue weighted by Crippen LogP contribution is 2.52. The molecule has 1 heterocycles. The summed E-state index contributed by atoms with van der Waals surface area (Å²) >= 11 is 3.53. The van der Waals surface area contributed by atoms with Crippen molar-refractivity contribution in [1.82, 2.24) is 0 Å². The lowest BCUT2D eigenvalue weighted by atomic mass is 9.76. The van der Waals surface area contributed by atoms with Gasteiger partial charge in [-0.05, 0) is 69.7 Å². The van der Waals surface area contributed by atoms with Gasteiger partial charge in [0.25, 0.3) is 0 Å². The monoisotopic (exact) mass is 453 g/mol. The summed E-state index contributed by atoms with van der Waals surface area (Å²) in [6, 6.07) is 7.78. The number of nitrogens with one attached hydrogen (secondary N) is 1. The van der Waals surface area contributed by atoms with Crippen LogP contribution in [0.1, 0.15) is 35.1 Å². The molecule has 1 N–H and O–H groups in total. The average Bonchev–Trinajstić information content (AvgIpc) is 3.15. The van der Waals surface area contributed by atoms with E-state index in [4.69, 9.17) is 9.47 Å². The van der Waals surface area contributed by atoms with E-state index < -0.39 is 11.7 Å². The molecule has 4 rings (SSSR count). The molecule has 3 atom stereocenters. The van der Waals surface area contributed by atoms with E-state index in [1.54, 1.807) is 14.2 Å². The van der Waals surface area contributed by atoms with Crippen LogP contribution in [0.15, 0.2) is 47.0 Å². The van der Waals surface area contributed by atoms with E-state index in [-0.39, 0.29) is 17.9 Å². The first-order valence-corrected chi connectivity index (χ1v) is 9.68. The molecule has 7 heteroatoms. The lowest BCUT2D eigenvalue weighted by molar-refractivity contribution is -0.137. The lowest BCUT2D eigenvalue weighted by Crippen LogP contribution is -2.29. The number of hydrogen-bond donors (Lipinski definition) is 1. The fourth-order valence-electron chi connectivity index (χ4n) is 4.22. The Kier molecular flexibility index (Phi) is 4.81. The van der Waals surface area contributed by atoms with Gasteiger partial charge in [0.2, 0.25) is 0 Å². The number of halogens is 4. The van der Waals surface area contributed by atoms with Crippen molar-refractivity contribution in [2.45, 2.75) is 24.6 Å². The molecule has 0 radical (unpaired) electrons. The molecule has 0 spiro atoms. The SMILES string of the molecule is COc1cc([C@@H]2Nc3ccc(C(F)(F)F)cc3[C@H]3C=CC[C@@H]32)cc(Br)c1OC. The zero-order chi connectivity index (χ0) is 20.1. The Bertz CT molecular complexity index is 942. The van der Waals surface area contributed by atoms with Gasteiger partial charge in [0.15, 0.2) is 11.5 Å². The minimum absolute atomic E-state index is 0.0552. The van der Waals surface area contributed by atoms with Crippen LogP contribution >= 0.6 is 15.9 Å². The molecule has 0 saturated heterocycles. The van der Waals surface area contributed by atoms with Crippen LogP contribution in [0.4, 0.5) is 18.9 Å². The van der Waals surface area contributed by atoms with E-state index in [0.717, 1.165) is 28.2 Å². The Morgan fingerprint density at radius 2 is 1.89 bits per heavy atom. The molecule has 1 aliphatic heterocycles. The Balaban J connectivity index is 1.77. The first-order chi connectivity index (χ1) is 13.3. The van der Waals surface area contributed by atoms with Crippen LogP contribution in [0, 0.1) is 5.92 Å². The Labute approximate surface area is 169 Å². The summed E-state index contributed by atoms with van der Waals surface area (Å²) in [6.07, 6.45) is 0.518. The molecule has 0 unspecified atom stereocenters. The summed E-state index contributed by atoms with van der Waals surface area (Å²) < 4.78 is 51.1. The zero-order valence-electron chi connectivity index (χ0n) is 15.3. The van der Waals surface area contributed by atoms with Crippen LogP contribution in [0.25, 0.3) is 0 Å². The van der Waals surface area contributed by atoms with Gasteiger partial charge in [0.05, 0.1) is 30.3 Å². The second kappa shape index (κ2) is 7.03. The summed E-state index contributed by atoms with van der Waals surface area (Å²) in [7, 11) is 3.16. The van der Waals surface area contributed by atoms with Crippen molar-refractivity contribution in [3.05, 3.63) is 63.6 Å². The van der Waals surface area contributed by atoms with E-state index in [9.17, 15) is 13.2 Å². The number of ether oxygens (including phenoxy) is 2. The molecule has 28 heavy (non-hydrogen) atoms. The number of anilines is 1. The van der Waals surface area contributed by atoms with Gasteiger partial charge < -0.3 is 14.8 Å². The minimum atomic E-state index is -4.35. The number of benzene rings is 2. The molecule has 2 aromatic carbocycles. The van der Waals surface area contributed by atoms with E-state index in [0.29, 0.717) is 17.1 Å². The second-order valence-electron chi connectivity index (χ2n) is 7.01. The van der Waals surface area contributed by atoms with Crippen LogP contribution in [0.2, 0.25) is 0 Å². The maximum Gasteiger partial charge on any atom is 0.416 e. The summed E-state index contributed by atoms with van der Waals surface area (Å²) in [5.41, 5.74) is 1.81. The number of methoxy groups -OCH3 is 2. The molecular formula is C21H19BrF3NO2. The largest absolute Gasteiger partial charge is 0.493 e. The quantitative estimate of drug-likeness (QED) is 0.552. The molecule has 0 aromatic heterocycles. The van der Waals surface area contributed by atoms with Gasteiger partial charge in [-0.1, -0.05) is 12.2 Å². The smallest absolute Gasteiger partial charge is 0.416 e. The first kappa shape index (κ1) is 19.2. The molecular weight excluding hydrogens is 435 g/mol. The molecule has 3 nitrogen and oxygen atoms in total. The van der Waals surface area contributed by atoms with E-state index in [1.165, 1.54) is 12.1 Å². The number of alkyl halides is 3. The molecule has 2 aliphatic rings. The van der Waals surface area contributed by atoms with Crippen LogP contribution in [0.5, 0.6) is 11.5 Å². The normalized spacial score (nSPS) is 23.0. The van der Waals surface area contributed by atoms with Gasteiger partial charge in [-0.2, -0.15) is 13.2 Å². The van der Waals surface area contributed by atoms with Crippen LogP contribution < -0.4 is 14.8 Å². The molecule has 1 aliphatic carbocycles. The summed E-state index contributed by atoms with van der Waals surface area (Å²) in [5, 5.41) is 3.45. The predicted molar refractivity (Wildman–Crippen MR) is 105 cm³/mol. The molecule has 2 aromatic rings. The van der Waals surface area contributed by atoms with Gasteiger partial charge in [0.1, 0.15) is 0 Å². The third-order valence-electron chi connectivity index (χ3n) is 5.51. The van der Waals surface area contributed by atoms with Crippen molar-refractivity contribution in [3.8, 4) is 11.5 Å². The van der Waals surface area contributed by atoms with Crippen LogP contribution in [-0.2, 0) is 6.18 Å².